The summed E-state index contributed by atoms with van der Waals surface area (Å²) >= 11 is 0. The quantitative estimate of drug-likeness (QED) is 0.681. The number of hydrogen-bond acceptors (Lipinski definition) is 4. The minimum atomic E-state index is -0.772. The standard InChI is InChI=1S/C24H32N2O3/c1-4-29-24(2,3)23(27)26-17-15-25(16-18-26)22(20-11-7-5-8-12-20)19-28-21-13-9-6-10-14-21/h5-14,22H,4,15-19H2,1-3H3. The van der Waals surface area contributed by atoms with Crippen LogP contribution in [0.1, 0.15) is 32.4 Å². The Morgan fingerprint density at radius 2 is 1.55 bits per heavy atom. The summed E-state index contributed by atoms with van der Waals surface area (Å²) in [5.41, 5.74) is 0.462. The van der Waals surface area contributed by atoms with Crippen LogP contribution in [0.3, 0.4) is 0 Å². The monoisotopic (exact) mass is 396 g/mol. The van der Waals surface area contributed by atoms with Gasteiger partial charge in [-0.15, -0.1) is 0 Å². The summed E-state index contributed by atoms with van der Waals surface area (Å²) in [7, 11) is 0. The average Bonchev–Trinajstić information content (AvgIpc) is 2.75. The topological polar surface area (TPSA) is 42.0 Å². The van der Waals surface area contributed by atoms with Crippen LogP contribution in [0.25, 0.3) is 0 Å². The van der Waals surface area contributed by atoms with Crippen molar-refractivity contribution in [1.82, 2.24) is 9.80 Å². The van der Waals surface area contributed by atoms with E-state index in [1.807, 2.05) is 62.1 Å². The molecule has 1 fully saturated rings. The molecule has 0 saturated carbocycles. The Morgan fingerprint density at radius 1 is 0.966 bits per heavy atom. The molecule has 1 heterocycles. The molecule has 0 aromatic heterocycles. The highest BCUT2D eigenvalue weighted by Crippen LogP contribution is 2.25. The number of ether oxygens (including phenoxy) is 2. The maximum absolute atomic E-state index is 12.8. The Kier molecular flexibility index (Phi) is 7.29. The third-order valence-corrected chi connectivity index (χ3v) is 5.40. The number of carbonyl (C=O) groups is 1. The van der Waals surface area contributed by atoms with Crippen LogP contribution in [-0.4, -0.2) is 60.7 Å². The number of nitrogens with zero attached hydrogens (tertiary/aromatic N) is 2. The Morgan fingerprint density at radius 3 is 2.14 bits per heavy atom. The molecule has 5 heteroatoms. The second kappa shape index (κ2) is 9.90. The lowest BCUT2D eigenvalue weighted by atomic mass is 10.0. The third-order valence-electron chi connectivity index (χ3n) is 5.40. The maximum atomic E-state index is 12.8. The number of amides is 1. The van der Waals surface area contributed by atoms with Gasteiger partial charge in [0.1, 0.15) is 18.0 Å². The highest BCUT2D eigenvalue weighted by molar-refractivity contribution is 5.84. The summed E-state index contributed by atoms with van der Waals surface area (Å²) < 4.78 is 11.7. The molecule has 29 heavy (non-hydrogen) atoms. The van der Waals surface area contributed by atoms with Crippen LogP contribution in [-0.2, 0) is 9.53 Å². The molecule has 1 saturated heterocycles. The summed E-state index contributed by atoms with van der Waals surface area (Å²) in [5.74, 6) is 0.941. The second-order valence-corrected chi connectivity index (χ2v) is 7.82. The zero-order chi connectivity index (χ0) is 20.7. The molecule has 0 N–H and O–H groups in total. The summed E-state index contributed by atoms with van der Waals surface area (Å²) in [4.78, 5) is 17.2. The van der Waals surface area contributed by atoms with E-state index in [9.17, 15) is 4.79 Å². The van der Waals surface area contributed by atoms with Crippen LogP contribution >= 0.6 is 0 Å². The van der Waals surface area contributed by atoms with Crippen molar-refractivity contribution in [3.8, 4) is 5.75 Å². The Hall–Kier alpha value is -2.37. The largest absolute Gasteiger partial charge is 0.492 e. The number of rotatable bonds is 8. The molecular formula is C24H32N2O3. The van der Waals surface area contributed by atoms with Gasteiger partial charge in [-0.2, -0.15) is 0 Å². The van der Waals surface area contributed by atoms with Gasteiger partial charge < -0.3 is 14.4 Å². The first kappa shape index (κ1) is 21.3. The van der Waals surface area contributed by atoms with Crippen LogP contribution in [0.5, 0.6) is 5.75 Å². The molecule has 0 radical (unpaired) electrons. The maximum Gasteiger partial charge on any atom is 0.254 e. The van der Waals surface area contributed by atoms with E-state index in [-0.39, 0.29) is 11.9 Å². The van der Waals surface area contributed by atoms with Gasteiger partial charge in [0, 0.05) is 32.8 Å². The van der Waals surface area contributed by atoms with Crippen LogP contribution in [0.4, 0.5) is 0 Å². The van der Waals surface area contributed by atoms with Gasteiger partial charge in [-0.3, -0.25) is 9.69 Å². The summed E-state index contributed by atoms with van der Waals surface area (Å²) in [6.07, 6.45) is 0. The van der Waals surface area contributed by atoms with Crippen molar-refractivity contribution >= 4 is 5.91 Å². The van der Waals surface area contributed by atoms with Crippen molar-refractivity contribution in [2.45, 2.75) is 32.4 Å². The molecule has 1 aliphatic heterocycles. The van der Waals surface area contributed by atoms with E-state index in [1.165, 1.54) is 5.56 Å². The summed E-state index contributed by atoms with van der Waals surface area (Å²) in [5, 5.41) is 0. The van der Waals surface area contributed by atoms with E-state index in [0.717, 1.165) is 18.8 Å². The first-order valence-corrected chi connectivity index (χ1v) is 10.4. The summed E-state index contributed by atoms with van der Waals surface area (Å²) in [6.45, 7) is 9.75. The molecule has 1 aliphatic rings. The molecule has 0 bridgehead atoms. The van der Waals surface area contributed by atoms with Crippen molar-refractivity contribution in [3.63, 3.8) is 0 Å². The van der Waals surface area contributed by atoms with Gasteiger partial charge in [-0.1, -0.05) is 48.5 Å². The Bertz CT molecular complexity index is 756. The van der Waals surface area contributed by atoms with E-state index < -0.39 is 5.60 Å². The van der Waals surface area contributed by atoms with Crippen LogP contribution < -0.4 is 4.74 Å². The van der Waals surface area contributed by atoms with E-state index in [0.29, 0.717) is 26.3 Å². The summed E-state index contributed by atoms with van der Waals surface area (Å²) in [6, 6.07) is 20.5. The average molecular weight is 397 g/mol. The van der Waals surface area contributed by atoms with Gasteiger partial charge in [0.15, 0.2) is 0 Å². The van der Waals surface area contributed by atoms with Gasteiger partial charge in [-0.05, 0) is 38.5 Å². The highest BCUT2D eigenvalue weighted by atomic mass is 16.5. The van der Waals surface area contributed by atoms with Gasteiger partial charge in [0.25, 0.3) is 5.91 Å². The molecule has 2 aromatic carbocycles. The minimum Gasteiger partial charge on any atom is -0.492 e. The zero-order valence-electron chi connectivity index (χ0n) is 17.7. The molecule has 1 unspecified atom stereocenters. The fraction of sp³-hybridized carbons (Fsp3) is 0.458. The van der Waals surface area contributed by atoms with Crippen LogP contribution in [0.2, 0.25) is 0 Å². The molecule has 2 aromatic rings. The second-order valence-electron chi connectivity index (χ2n) is 7.82. The number of hydrogen-bond donors (Lipinski definition) is 0. The van der Waals surface area contributed by atoms with E-state index in [4.69, 9.17) is 9.47 Å². The fourth-order valence-electron chi connectivity index (χ4n) is 3.82. The Balaban J connectivity index is 1.66. The van der Waals surface area contributed by atoms with Crippen LogP contribution in [0.15, 0.2) is 60.7 Å². The number of piperazine rings is 1. The lowest BCUT2D eigenvalue weighted by Gasteiger charge is -2.41. The van der Waals surface area contributed by atoms with Crippen molar-refractivity contribution in [2.24, 2.45) is 0 Å². The van der Waals surface area contributed by atoms with Gasteiger partial charge in [-0.25, -0.2) is 0 Å². The van der Waals surface area contributed by atoms with Crippen molar-refractivity contribution in [2.75, 3.05) is 39.4 Å². The zero-order valence-corrected chi connectivity index (χ0v) is 17.7. The number of benzene rings is 2. The SMILES string of the molecule is CCOC(C)(C)C(=O)N1CCN(C(COc2ccccc2)c2ccccc2)CC1. The molecule has 5 nitrogen and oxygen atoms in total. The van der Waals surface area contributed by atoms with Crippen molar-refractivity contribution in [1.29, 1.82) is 0 Å². The molecular weight excluding hydrogens is 364 g/mol. The lowest BCUT2D eigenvalue weighted by molar-refractivity contribution is -0.155. The third kappa shape index (κ3) is 5.58. The highest BCUT2D eigenvalue weighted by Gasteiger charge is 2.35. The molecule has 3 rings (SSSR count). The smallest absolute Gasteiger partial charge is 0.254 e. The van der Waals surface area contributed by atoms with Crippen molar-refractivity contribution in [3.05, 3.63) is 66.2 Å². The molecule has 1 amide bonds. The van der Waals surface area contributed by atoms with E-state index >= 15 is 0 Å². The van der Waals surface area contributed by atoms with E-state index in [2.05, 4.69) is 29.2 Å². The van der Waals surface area contributed by atoms with Gasteiger partial charge in [0.2, 0.25) is 0 Å². The normalized spacial score (nSPS) is 16.4. The molecule has 0 aliphatic carbocycles. The molecule has 156 valence electrons. The first-order valence-electron chi connectivity index (χ1n) is 10.4. The molecule has 0 spiro atoms. The number of para-hydroxylation sites is 1. The Labute approximate surface area is 174 Å². The lowest BCUT2D eigenvalue weighted by Crippen LogP contribution is -2.55. The fourth-order valence-corrected chi connectivity index (χ4v) is 3.82. The predicted octanol–water partition coefficient (Wildman–Crippen LogP) is 3.77. The van der Waals surface area contributed by atoms with Gasteiger partial charge >= 0.3 is 0 Å². The van der Waals surface area contributed by atoms with Gasteiger partial charge in [0.05, 0.1) is 6.04 Å². The predicted molar refractivity (Wildman–Crippen MR) is 115 cm³/mol. The number of carbonyl (C=O) groups excluding carboxylic acids is 1. The van der Waals surface area contributed by atoms with Crippen molar-refractivity contribution < 1.29 is 14.3 Å². The van der Waals surface area contributed by atoms with E-state index in [1.54, 1.807) is 0 Å². The minimum absolute atomic E-state index is 0.0656. The molecule has 1 atom stereocenters. The van der Waals surface area contributed by atoms with Crippen LogP contribution in [0, 0.1) is 0 Å². The first-order chi connectivity index (χ1) is 14.0.